The van der Waals surface area contributed by atoms with E-state index in [1.807, 2.05) is 18.4 Å². The van der Waals surface area contributed by atoms with Crippen LogP contribution in [0.5, 0.6) is 0 Å². The smallest absolute Gasteiger partial charge is 0.119 e. The van der Waals surface area contributed by atoms with Gasteiger partial charge >= 0.3 is 0 Å². The number of ether oxygens (including phenoxy) is 1. The van der Waals surface area contributed by atoms with Crippen LogP contribution in [0.2, 0.25) is 0 Å². The lowest BCUT2D eigenvalue weighted by Gasteiger charge is -2.20. The van der Waals surface area contributed by atoms with E-state index >= 15 is 0 Å². The lowest BCUT2D eigenvalue weighted by atomic mass is 9.91. The first-order chi connectivity index (χ1) is 8.35. The molecule has 0 bridgehead atoms. The maximum atomic E-state index is 5.57. The summed E-state index contributed by atoms with van der Waals surface area (Å²) in [5.41, 5.74) is 1.34. The molecule has 0 radical (unpaired) electrons. The minimum absolute atomic E-state index is 0.611. The van der Waals surface area contributed by atoms with Crippen LogP contribution in [-0.4, -0.2) is 25.2 Å². The van der Waals surface area contributed by atoms with Gasteiger partial charge in [-0.1, -0.05) is 6.92 Å². The second-order valence-corrected chi connectivity index (χ2v) is 5.78. The number of likely N-dealkylation sites (N-methyl/N-ethyl adjacent to an activating group) is 1. The Balaban J connectivity index is 2.02. The Morgan fingerprint density at radius 2 is 2.41 bits per heavy atom. The fourth-order valence-corrected chi connectivity index (χ4v) is 3.50. The maximum Gasteiger partial charge on any atom is 0.119 e. The fraction of sp³-hybridized carbons (Fsp3) is 0.769. The zero-order valence-electron chi connectivity index (χ0n) is 10.8. The van der Waals surface area contributed by atoms with Gasteiger partial charge in [0.15, 0.2) is 0 Å². The molecule has 96 valence electrons. The van der Waals surface area contributed by atoms with Crippen molar-refractivity contribution < 1.29 is 4.74 Å². The Labute approximate surface area is 108 Å². The van der Waals surface area contributed by atoms with Gasteiger partial charge in [0.2, 0.25) is 0 Å². The minimum atomic E-state index is 0.611. The lowest BCUT2D eigenvalue weighted by molar-refractivity contribution is 0.121. The molecule has 2 rings (SSSR count). The van der Waals surface area contributed by atoms with Crippen LogP contribution in [0.1, 0.15) is 47.7 Å². The SMILES string of the molecule is CCCOCc1nc2c(s1)CCCC2CNC. The third-order valence-electron chi connectivity index (χ3n) is 3.14. The molecule has 1 aliphatic carbocycles. The number of hydrogen-bond donors (Lipinski definition) is 1. The van der Waals surface area contributed by atoms with Crippen molar-refractivity contribution in [3.05, 3.63) is 15.6 Å². The molecule has 0 spiro atoms. The van der Waals surface area contributed by atoms with Crippen molar-refractivity contribution in [1.82, 2.24) is 10.3 Å². The highest BCUT2D eigenvalue weighted by atomic mass is 32.1. The molecular formula is C13H22N2OS. The van der Waals surface area contributed by atoms with Gasteiger partial charge in [0, 0.05) is 23.9 Å². The highest BCUT2D eigenvalue weighted by molar-refractivity contribution is 7.11. The van der Waals surface area contributed by atoms with Crippen molar-refractivity contribution in [3.63, 3.8) is 0 Å². The summed E-state index contributed by atoms with van der Waals surface area (Å²) in [6.45, 7) is 4.71. The predicted octanol–water partition coefficient (Wildman–Crippen LogP) is 2.71. The second kappa shape index (κ2) is 6.47. The topological polar surface area (TPSA) is 34.1 Å². The summed E-state index contributed by atoms with van der Waals surface area (Å²) in [5.74, 6) is 0.611. The molecule has 1 aromatic heterocycles. The number of nitrogens with one attached hydrogen (secondary N) is 1. The molecule has 1 aliphatic rings. The summed E-state index contributed by atoms with van der Waals surface area (Å²) in [5, 5.41) is 4.43. The molecule has 1 heterocycles. The standard InChI is InChI=1S/C13H22N2OS/c1-3-7-16-9-12-15-13-10(8-14-2)5-4-6-11(13)17-12/h10,14H,3-9H2,1-2H3. The van der Waals surface area contributed by atoms with E-state index in [0.29, 0.717) is 12.5 Å². The number of fused-ring (bicyclic) bond motifs is 1. The van der Waals surface area contributed by atoms with Crippen LogP contribution in [-0.2, 0) is 17.8 Å². The zero-order valence-corrected chi connectivity index (χ0v) is 11.6. The average Bonchev–Trinajstić information content (AvgIpc) is 2.74. The van der Waals surface area contributed by atoms with Crippen molar-refractivity contribution in [2.24, 2.45) is 0 Å². The molecule has 1 aromatic rings. The van der Waals surface area contributed by atoms with Crippen LogP contribution in [0.4, 0.5) is 0 Å². The van der Waals surface area contributed by atoms with E-state index in [1.54, 1.807) is 0 Å². The van der Waals surface area contributed by atoms with Crippen molar-refractivity contribution in [1.29, 1.82) is 0 Å². The van der Waals surface area contributed by atoms with Gasteiger partial charge in [-0.25, -0.2) is 4.98 Å². The first kappa shape index (κ1) is 13.0. The summed E-state index contributed by atoms with van der Waals surface area (Å²) in [6.07, 6.45) is 4.86. The van der Waals surface area contributed by atoms with E-state index < -0.39 is 0 Å². The zero-order chi connectivity index (χ0) is 12.1. The summed E-state index contributed by atoms with van der Waals surface area (Å²) >= 11 is 1.85. The first-order valence-corrected chi connectivity index (χ1v) is 7.37. The number of rotatable bonds is 6. The molecule has 0 fully saturated rings. The largest absolute Gasteiger partial charge is 0.374 e. The van der Waals surface area contributed by atoms with Gasteiger partial charge < -0.3 is 10.1 Å². The molecule has 1 atom stereocenters. The molecule has 1 N–H and O–H groups in total. The van der Waals surface area contributed by atoms with E-state index in [1.165, 1.54) is 29.8 Å². The van der Waals surface area contributed by atoms with Gasteiger partial charge in [0.25, 0.3) is 0 Å². The lowest BCUT2D eigenvalue weighted by Crippen LogP contribution is -2.21. The Hall–Kier alpha value is -0.450. The third kappa shape index (κ3) is 3.27. The van der Waals surface area contributed by atoms with E-state index in [-0.39, 0.29) is 0 Å². The van der Waals surface area contributed by atoms with Gasteiger partial charge in [-0.15, -0.1) is 11.3 Å². The molecule has 0 aliphatic heterocycles. The molecule has 17 heavy (non-hydrogen) atoms. The molecule has 0 aromatic carbocycles. The second-order valence-electron chi connectivity index (χ2n) is 4.62. The summed E-state index contributed by atoms with van der Waals surface area (Å²) in [7, 11) is 2.02. The molecule has 1 unspecified atom stereocenters. The van der Waals surface area contributed by atoms with Gasteiger partial charge in [0.05, 0.1) is 12.3 Å². The molecule has 3 nitrogen and oxygen atoms in total. The van der Waals surface area contributed by atoms with Crippen molar-refractivity contribution in [3.8, 4) is 0 Å². The maximum absolute atomic E-state index is 5.57. The average molecular weight is 254 g/mol. The van der Waals surface area contributed by atoms with Crippen molar-refractivity contribution in [2.75, 3.05) is 20.2 Å². The predicted molar refractivity (Wildman–Crippen MR) is 71.7 cm³/mol. The summed E-state index contributed by atoms with van der Waals surface area (Å²) in [6, 6.07) is 0. The highest BCUT2D eigenvalue weighted by Crippen LogP contribution is 2.34. The molecular weight excluding hydrogens is 232 g/mol. The van der Waals surface area contributed by atoms with Gasteiger partial charge in [0.1, 0.15) is 5.01 Å². The quantitative estimate of drug-likeness (QED) is 0.793. The Morgan fingerprint density at radius 3 is 3.18 bits per heavy atom. The van der Waals surface area contributed by atoms with E-state index in [4.69, 9.17) is 9.72 Å². The Bertz CT molecular complexity index is 351. The number of thiazole rings is 1. The number of aryl methyl sites for hydroxylation is 1. The van der Waals surface area contributed by atoms with E-state index in [2.05, 4.69) is 12.2 Å². The minimum Gasteiger partial charge on any atom is -0.374 e. The molecule has 4 heteroatoms. The van der Waals surface area contributed by atoms with Gasteiger partial charge in [-0.05, 0) is 32.7 Å². The van der Waals surface area contributed by atoms with Crippen molar-refractivity contribution in [2.45, 2.75) is 45.1 Å². The van der Waals surface area contributed by atoms with Crippen LogP contribution < -0.4 is 5.32 Å². The van der Waals surface area contributed by atoms with Gasteiger partial charge in [-0.3, -0.25) is 0 Å². The normalized spacial score (nSPS) is 19.3. The Kier molecular flexibility index (Phi) is 4.95. The van der Waals surface area contributed by atoms with E-state index in [0.717, 1.165) is 24.6 Å². The molecule has 0 amide bonds. The Morgan fingerprint density at radius 1 is 1.53 bits per heavy atom. The van der Waals surface area contributed by atoms with Crippen LogP contribution in [0.3, 0.4) is 0 Å². The van der Waals surface area contributed by atoms with Crippen LogP contribution >= 0.6 is 11.3 Å². The molecule has 0 saturated heterocycles. The number of hydrogen-bond acceptors (Lipinski definition) is 4. The monoisotopic (exact) mass is 254 g/mol. The van der Waals surface area contributed by atoms with Crippen LogP contribution in [0.15, 0.2) is 0 Å². The fourth-order valence-electron chi connectivity index (χ4n) is 2.37. The number of aromatic nitrogens is 1. The molecule has 0 saturated carbocycles. The van der Waals surface area contributed by atoms with Crippen molar-refractivity contribution >= 4 is 11.3 Å². The first-order valence-electron chi connectivity index (χ1n) is 6.56. The van der Waals surface area contributed by atoms with Crippen LogP contribution in [0.25, 0.3) is 0 Å². The number of nitrogens with zero attached hydrogens (tertiary/aromatic N) is 1. The highest BCUT2D eigenvalue weighted by Gasteiger charge is 2.23. The van der Waals surface area contributed by atoms with E-state index in [9.17, 15) is 0 Å². The third-order valence-corrected chi connectivity index (χ3v) is 4.24. The summed E-state index contributed by atoms with van der Waals surface area (Å²) in [4.78, 5) is 6.27. The summed E-state index contributed by atoms with van der Waals surface area (Å²) < 4.78 is 5.57. The van der Waals surface area contributed by atoms with Gasteiger partial charge in [-0.2, -0.15) is 0 Å². The van der Waals surface area contributed by atoms with Crippen LogP contribution in [0, 0.1) is 0 Å².